The zero-order chi connectivity index (χ0) is 14.3. The fraction of sp³-hybridized carbons (Fsp3) is 1.00. The third-order valence-electron chi connectivity index (χ3n) is 1.53. The SMILES string of the molecule is O=[N+]([O-])OCC(O)COCC(F)([N+](=O)[O-])[N+](=O)[O-]. The van der Waals surface area contributed by atoms with Gasteiger partial charge in [-0.25, -0.2) is 0 Å². The predicted molar refractivity (Wildman–Crippen MR) is 47.6 cm³/mol. The quantitative estimate of drug-likeness (QED) is 0.233. The molecule has 0 saturated carbocycles. The summed E-state index contributed by atoms with van der Waals surface area (Å²) in [6.07, 6.45) is -1.59. The molecule has 0 bridgehead atoms. The van der Waals surface area contributed by atoms with Crippen LogP contribution in [0.4, 0.5) is 4.39 Å². The largest absolute Gasteiger partial charge is 0.637 e. The lowest BCUT2D eigenvalue weighted by Gasteiger charge is -2.11. The predicted octanol–water partition coefficient (Wildman–Crippen LogP) is -1.25. The van der Waals surface area contributed by atoms with E-state index in [0.717, 1.165) is 0 Å². The highest BCUT2D eigenvalue weighted by Gasteiger charge is 2.58. The second-order valence-electron chi connectivity index (χ2n) is 2.92. The Labute approximate surface area is 97.3 Å². The van der Waals surface area contributed by atoms with Crippen molar-refractivity contribution in [3.05, 3.63) is 30.3 Å². The number of aliphatic hydroxyl groups is 1. The van der Waals surface area contributed by atoms with Crippen LogP contribution >= 0.6 is 0 Å². The van der Waals surface area contributed by atoms with Crippen molar-refractivity contribution >= 4 is 0 Å². The maximum Gasteiger partial charge on any atom is 0.637 e. The number of aliphatic hydroxyl groups excluding tert-OH is 1. The maximum absolute atomic E-state index is 13.1. The normalized spacial score (nSPS) is 12.8. The van der Waals surface area contributed by atoms with Gasteiger partial charge in [-0.05, 0) is 0 Å². The van der Waals surface area contributed by atoms with Gasteiger partial charge in [0.25, 0.3) is 5.09 Å². The lowest BCUT2D eigenvalue weighted by molar-refractivity contribution is -0.833. The average Bonchev–Trinajstić information content (AvgIpc) is 2.25. The Morgan fingerprint density at radius 1 is 1.17 bits per heavy atom. The Balaban J connectivity index is 4.12. The standard InChI is InChI=1S/C5H8FN3O9/c6-5(7(11)12,8(13)14)3-17-1-4(10)2-18-9(15)16/h4,10H,1-3H2. The lowest BCUT2D eigenvalue weighted by Crippen LogP contribution is -2.46. The summed E-state index contributed by atoms with van der Waals surface area (Å²) < 4.78 is 17.3. The first-order chi connectivity index (χ1) is 8.20. The van der Waals surface area contributed by atoms with Crippen LogP contribution in [0.25, 0.3) is 0 Å². The van der Waals surface area contributed by atoms with Gasteiger partial charge in [0.05, 0.1) is 6.61 Å². The van der Waals surface area contributed by atoms with Crippen LogP contribution in [0.5, 0.6) is 0 Å². The number of alkyl halides is 1. The van der Waals surface area contributed by atoms with Crippen molar-refractivity contribution in [2.24, 2.45) is 0 Å². The first kappa shape index (κ1) is 15.9. The first-order valence-corrected chi connectivity index (χ1v) is 4.21. The monoisotopic (exact) mass is 273 g/mol. The van der Waals surface area contributed by atoms with E-state index in [-0.39, 0.29) is 0 Å². The second-order valence-corrected chi connectivity index (χ2v) is 2.92. The van der Waals surface area contributed by atoms with E-state index in [1.807, 2.05) is 0 Å². The zero-order valence-corrected chi connectivity index (χ0v) is 8.63. The van der Waals surface area contributed by atoms with Crippen molar-refractivity contribution in [3.63, 3.8) is 0 Å². The van der Waals surface area contributed by atoms with E-state index in [4.69, 9.17) is 5.11 Å². The summed E-state index contributed by atoms with van der Waals surface area (Å²) in [7, 11) is 0. The van der Waals surface area contributed by atoms with Crippen LogP contribution in [-0.2, 0) is 9.57 Å². The van der Waals surface area contributed by atoms with E-state index in [9.17, 15) is 34.7 Å². The molecule has 1 N–H and O–H groups in total. The molecule has 1 atom stereocenters. The van der Waals surface area contributed by atoms with Gasteiger partial charge in [-0.3, -0.25) is 20.2 Å². The molecule has 0 aromatic carbocycles. The van der Waals surface area contributed by atoms with Crippen molar-refractivity contribution < 1.29 is 34.0 Å². The molecule has 0 amide bonds. The molecule has 0 aliphatic heterocycles. The highest BCUT2D eigenvalue weighted by Crippen LogP contribution is 2.13. The minimum atomic E-state index is -4.04. The van der Waals surface area contributed by atoms with Gasteiger partial charge in [0.1, 0.15) is 22.6 Å². The van der Waals surface area contributed by atoms with Crippen LogP contribution < -0.4 is 0 Å². The molecule has 0 saturated heterocycles. The molecular weight excluding hydrogens is 265 g/mol. The number of nitro groups is 2. The third-order valence-corrected chi connectivity index (χ3v) is 1.53. The van der Waals surface area contributed by atoms with Crippen LogP contribution in [0.2, 0.25) is 0 Å². The summed E-state index contributed by atoms with van der Waals surface area (Å²) >= 11 is 0. The first-order valence-electron chi connectivity index (χ1n) is 4.21. The molecule has 0 aliphatic carbocycles. The number of ether oxygens (including phenoxy) is 1. The molecule has 12 nitrogen and oxygen atoms in total. The molecule has 0 rings (SSSR count). The van der Waals surface area contributed by atoms with Crippen LogP contribution in [0, 0.1) is 30.3 Å². The van der Waals surface area contributed by atoms with Crippen molar-refractivity contribution in [1.29, 1.82) is 0 Å². The summed E-state index contributed by atoms with van der Waals surface area (Å²) in [4.78, 5) is 30.0. The number of rotatable bonds is 9. The number of nitrogens with zero attached hydrogens (tertiary/aromatic N) is 3. The molecule has 0 spiro atoms. The van der Waals surface area contributed by atoms with Crippen LogP contribution in [0.1, 0.15) is 0 Å². The summed E-state index contributed by atoms with van der Waals surface area (Å²) in [6, 6.07) is 0. The Morgan fingerprint density at radius 3 is 2.06 bits per heavy atom. The Bertz CT molecular complexity index is 322. The van der Waals surface area contributed by atoms with Crippen molar-refractivity contribution in [2.75, 3.05) is 19.8 Å². The Morgan fingerprint density at radius 2 is 1.67 bits per heavy atom. The van der Waals surface area contributed by atoms with E-state index < -0.39 is 46.8 Å². The zero-order valence-electron chi connectivity index (χ0n) is 8.63. The second kappa shape index (κ2) is 6.55. The number of hydrogen-bond donors (Lipinski definition) is 1. The fourth-order valence-electron chi connectivity index (χ4n) is 0.692. The molecule has 104 valence electrons. The Hall–Kier alpha value is -2.15. The van der Waals surface area contributed by atoms with Gasteiger partial charge in [0, 0.05) is 0 Å². The van der Waals surface area contributed by atoms with Gasteiger partial charge < -0.3 is 14.7 Å². The minimum Gasteiger partial charge on any atom is -0.389 e. The van der Waals surface area contributed by atoms with Gasteiger partial charge in [0.15, 0.2) is 0 Å². The van der Waals surface area contributed by atoms with Gasteiger partial charge in [0.2, 0.25) is 6.61 Å². The molecule has 0 aromatic heterocycles. The lowest BCUT2D eigenvalue weighted by atomic mass is 10.4. The summed E-state index contributed by atoms with van der Waals surface area (Å²) in [5.41, 5.74) is 0. The van der Waals surface area contributed by atoms with Crippen molar-refractivity contribution in [1.82, 2.24) is 0 Å². The summed E-state index contributed by atoms with van der Waals surface area (Å²) in [5, 5.41) is 37.6. The van der Waals surface area contributed by atoms with Crippen molar-refractivity contribution in [3.8, 4) is 0 Å². The molecular formula is C5H8FN3O9. The van der Waals surface area contributed by atoms with Gasteiger partial charge in [-0.1, -0.05) is 4.39 Å². The van der Waals surface area contributed by atoms with Crippen LogP contribution in [-0.4, -0.2) is 51.9 Å². The highest BCUT2D eigenvalue weighted by atomic mass is 19.2. The molecule has 0 aromatic rings. The maximum atomic E-state index is 13.1. The van der Waals surface area contributed by atoms with Crippen LogP contribution in [0.15, 0.2) is 0 Å². The molecule has 0 radical (unpaired) electrons. The van der Waals surface area contributed by atoms with E-state index >= 15 is 0 Å². The molecule has 1 unspecified atom stereocenters. The average molecular weight is 273 g/mol. The van der Waals surface area contributed by atoms with Crippen LogP contribution in [0.3, 0.4) is 0 Å². The topological polar surface area (TPSA) is 168 Å². The molecule has 0 fully saturated rings. The third kappa shape index (κ3) is 4.79. The van der Waals surface area contributed by atoms with Crippen molar-refractivity contribution in [2.45, 2.75) is 12.0 Å². The molecule has 18 heavy (non-hydrogen) atoms. The van der Waals surface area contributed by atoms with Gasteiger partial charge in [-0.15, -0.1) is 10.1 Å². The number of halogens is 1. The molecule has 13 heteroatoms. The van der Waals surface area contributed by atoms with E-state index in [1.165, 1.54) is 0 Å². The molecule has 0 heterocycles. The van der Waals surface area contributed by atoms with E-state index in [2.05, 4.69) is 9.57 Å². The van der Waals surface area contributed by atoms with Gasteiger partial charge >= 0.3 is 5.92 Å². The van der Waals surface area contributed by atoms with Gasteiger partial charge in [-0.2, -0.15) is 0 Å². The summed E-state index contributed by atoms with van der Waals surface area (Å²) in [6.45, 7) is -3.17. The number of hydrogen-bond acceptors (Lipinski definition) is 9. The highest BCUT2D eigenvalue weighted by molar-refractivity contribution is 4.54. The summed E-state index contributed by atoms with van der Waals surface area (Å²) in [5.74, 6) is -4.04. The van der Waals surface area contributed by atoms with E-state index in [0.29, 0.717) is 0 Å². The smallest absolute Gasteiger partial charge is 0.389 e. The molecule has 0 aliphatic rings. The fourth-order valence-corrected chi connectivity index (χ4v) is 0.692. The minimum absolute atomic E-state index is 0.804. The Kier molecular flexibility index (Phi) is 5.77. The van der Waals surface area contributed by atoms with E-state index in [1.54, 1.807) is 0 Å².